The van der Waals surface area contributed by atoms with Gasteiger partial charge in [0.05, 0.1) is 42.7 Å². The van der Waals surface area contributed by atoms with E-state index in [2.05, 4.69) is 0 Å². The Kier molecular flexibility index (Phi) is 7.79. The van der Waals surface area contributed by atoms with E-state index in [1.165, 1.54) is 6.92 Å². The molecule has 180 valence electrons. The predicted molar refractivity (Wildman–Crippen MR) is 122 cm³/mol. The summed E-state index contributed by atoms with van der Waals surface area (Å²) in [6, 6.07) is 7.67. The van der Waals surface area contributed by atoms with Crippen LogP contribution in [-0.4, -0.2) is 54.7 Å². The first-order valence-corrected chi connectivity index (χ1v) is 10.7. The van der Waals surface area contributed by atoms with E-state index in [9.17, 15) is 4.79 Å². The van der Waals surface area contributed by atoms with E-state index >= 15 is 0 Å². The topological polar surface area (TPSA) is 81.7 Å². The predicted octanol–water partition coefficient (Wildman–Crippen LogP) is 4.33. The number of benzene rings is 2. The molecule has 3 rings (SSSR count). The molecule has 8 nitrogen and oxygen atoms in total. The van der Waals surface area contributed by atoms with Gasteiger partial charge >= 0.3 is 5.97 Å². The van der Waals surface area contributed by atoms with Gasteiger partial charge in [-0.05, 0) is 48.2 Å². The van der Waals surface area contributed by atoms with Crippen molar-refractivity contribution in [3.8, 4) is 34.5 Å². The molecule has 0 N–H and O–H groups in total. The zero-order chi connectivity index (χ0) is 24.1. The van der Waals surface area contributed by atoms with E-state index in [0.717, 1.165) is 24.0 Å². The lowest BCUT2D eigenvalue weighted by molar-refractivity contribution is -0.147. The molecule has 0 amide bonds. The van der Waals surface area contributed by atoms with Crippen LogP contribution in [0, 0.1) is 0 Å². The van der Waals surface area contributed by atoms with Crippen LogP contribution in [0.2, 0.25) is 0 Å². The molecule has 0 radical (unpaired) electrons. The van der Waals surface area contributed by atoms with Crippen molar-refractivity contribution in [1.29, 1.82) is 0 Å². The van der Waals surface area contributed by atoms with Gasteiger partial charge in [-0.15, -0.1) is 0 Å². The lowest BCUT2D eigenvalue weighted by atomic mass is 9.89. The third kappa shape index (κ3) is 4.74. The number of rotatable bonds is 9. The Morgan fingerprint density at radius 3 is 1.21 bits per heavy atom. The summed E-state index contributed by atoms with van der Waals surface area (Å²) in [6.07, 6.45) is 1.21. The molecule has 33 heavy (non-hydrogen) atoms. The lowest BCUT2D eigenvalue weighted by Gasteiger charge is -2.27. The molecule has 1 unspecified atom stereocenters. The quantitative estimate of drug-likeness (QED) is 0.512. The number of ether oxygens (including phenoxy) is 7. The second-order valence-corrected chi connectivity index (χ2v) is 7.78. The van der Waals surface area contributed by atoms with Crippen LogP contribution in [0.25, 0.3) is 0 Å². The smallest absolute Gasteiger partial charge is 0.302 e. The third-order valence-corrected chi connectivity index (χ3v) is 6.11. The van der Waals surface area contributed by atoms with E-state index in [-0.39, 0.29) is 17.8 Å². The summed E-state index contributed by atoms with van der Waals surface area (Å²) in [7, 11) is 9.46. The summed E-state index contributed by atoms with van der Waals surface area (Å²) in [6.45, 7) is 1.43. The van der Waals surface area contributed by atoms with Crippen molar-refractivity contribution in [2.24, 2.45) is 0 Å². The molecule has 8 heteroatoms. The van der Waals surface area contributed by atoms with Crippen LogP contribution >= 0.6 is 0 Å². The molecular weight excluding hydrogens is 428 g/mol. The SMILES string of the molecule is COc1cc([C@H]2CC[C@@H](c3cc(OC)c(OC)c(OC)c3)C2OC(C)=O)cc(OC)c1OC. The Morgan fingerprint density at radius 1 is 0.636 bits per heavy atom. The van der Waals surface area contributed by atoms with E-state index in [1.807, 2.05) is 24.3 Å². The molecule has 0 spiro atoms. The Hall–Kier alpha value is -3.29. The molecule has 1 fully saturated rings. The molecular formula is C25H32O8. The molecule has 2 aromatic carbocycles. The van der Waals surface area contributed by atoms with Gasteiger partial charge in [0.2, 0.25) is 11.5 Å². The fraction of sp³-hybridized carbons (Fsp3) is 0.480. The third-order valence-electron chi connectivity index (χ3n) is 6.11. The van der Waals surface area contributed by atoms with Crippen molar-refractivity contribution in [2.45, 2.75) is 37.7 Å². The number of esters is 1. The standard InChI is InChI=1S/C25H32O8/c1-14(26)33-23-17(15-10-19(27-2)24(31-6)20(11-15)28-3)8-9-18(23)16-12-21(29-4)25(32-7)22(13-16)30-5/h10-13,17-18,23H,8-9H2,1-7H3/t17-,18+,23?. The van der Waals surface area contributed by atoms with Crippen molar-refractivity contribution in [3.63, 3.8) is 0 Å². The van der Waals surface area contributed by atoms with Gasteiger partial charge in [0, 0.05) is 18.8 Å². The number of hydrogen-bond donors (Lipinski definition) is 0. The molecule has 0 saturated heterocycles. The van der Waals surface area contributed by atoms with Crippen LogP contribution in [0.3, 0.4) is 0 Å². The molecule has 1 aliphatic rings. The summed E-state index contributed by atoms with van der Waals surface area (Å²) < 4.78 is 38.9. The van der Waals surface area contributed by atoms with Crippen molar-refractivity contribution in [3.05, 3.63) is 35.4 Å². The number of carbonyl (C=O) groups excluding carboxylic acids is 1. The van der Waals surface area contributed by atoms with Gasteiger partial charge in [0.15, 0.2) is 23.0 Å². The zero-order valence-electron chi connectivity index (χ0n) is 20.2. The Labute approximate surface area is 194 Å². The van der Waals surface area contributed by atoms with Crippen LogP contribution in [0.5, 0.6) is 34.5 Å². The highest BCUT2D eigenvalue weighted by molar-refractivity contribution is 5.67. The Balaban J connectivity index is 2.07. The molecule has 1 aliphatic carbocycles. The van der Waals surface area contributed by atoms with Gasteiger partial charge in [-0.3, -0.25) is 4.79 Å². The first kappa shape index (κ1) is 24.4. The second kappa shape index (κ2) is 10.6. The van der Waals surface area contributed by atoms with Crippen LogP contribution in [0.4, 0.5) is 0 Å². The minimum absolute atomic E-state index is 0.0632. The molecule has 0 aromatic heterocycles. The first-order valence-electron chi connectivity index (χ1n) is 10.7. The van der Waals surface area contributed by atoms with Crippen molar-refractivity contribution < 1.29 is 38.0 Å². The summed E-state index contributed by atoms with van der Waals surface area (Å²) in [4.78, 5) is 12.1. The minimum atomic E-state index is -0.395. The summed E-state index contributed by atoms with van der Waals surface area (Å²) in [5.41, 5.74) is 1.90. The van der Waals surface area contributed by atoms with Gasteiger partial charge in [0.1, 0.15) is 6.10 Å². The van der Waals surface area contributed by atoms with E-state index in [0.29, 0.717) is 34.5 Å². The minimum Gasteiger partial charge on any atom is -0.493 e. The monoisotopic (exact) mass is 460 g/mol. The molecule has 1 saturated carbocycles. The highest BCUT2D eigenvalue weighted by Crippen LogP contribution is 2.51. The van der Waals surface area contributed by atoms with Crippen molar-refractivity contribution >= 4 is 5.97 Å². The maximum atomic E-state index is 12.1. The van der Waals surface area contributed by atoms with Crippen molar-refractivity contribution in [2.75, 3.05) is 42.7 Å². The highest BCUT2D eigenvalue weighted by atomic mass is 16.5. The molecule has 0 heterocycles. The fourth-order valence-corrected chi connectivity index (χ4v) is 4.67. The lowest BCUT2D eigenvalue weighted by Crippen LogP contribution is -2.25. The first-order chi connectivity index (χ1) is 15.9. The maximum Gasteiger partial charge on any atom is 0.302 e. The van der Waals surface area contributed by atoms with E-state index in [1.54, 1.807) is 42.7 Å². The molecule has 3 atom stereocenters. The summed E-state index contributed by atoms with van der Waals surface area (Å²) >= 11 is 0. The normalized spacial score (nSPS) is 19.5. The van der Waals surface area contributed by atoms with Crippen molar-refractivity contribution in [1.82, 2.24) is 0 Å². The molecule has 2 aromatic rings. The van der Waals surface area contributed by atoms with Crippen LogP contribution in [0.1, 0.15) is 42.7 Å². The maximum absolute atomic E-state index is 12.1. The Morgan fingerprint density at radius 2 is 0.970 bits per heavy atom. The van der Waals surface area contributed by atoms with Crippen LogP contribution in [-0.2, 0) is 9.53 Å². The van der Waals surface area contributed by atoms with Gasteiger partial charge in [0.25, 0.3) is 0 Å². The molecule has 0 bridgehead atoms. The highest BCUT2D eigenvalue weighted by Gasteiger charge is 2.41. The number of hydrogen-bond acceptors (Lipinski definition) is 8. The largest absolute Gasteiger partial charge is 0.493 e. The number of methoxy groups -OCH3 is 6. The van der Waals surface area contributed by atoms with Gasteiger partial charge in [-0.1, -0.05) is 0 Å². The van der Waals surface area contributed by atoms with Gasteiger partial charge < -0.3 is 33.2 Å². The van der Waals surface area contributed by atoms with Gasteiger partial charge in [-0.2, -0.15) is 0 Å². The van der Waals surface area contributed by atoms with Crippen LogP contribution in [0.15, 0.2) is 24.3 Å². The average Bonchev–Trinajstić information content (AvgIpc) is 3.24. The van der Waals surface area contributed by atoms with E-state index in [4.69, 9.17) is 33.2 Å². The Bertz CT molecular complexity index is 865. The number of carbonyl (C=O) groups is 1. The summed E-state index contributed by atoms with van der Waals surface area (Å²) in [5, 5.41) is 0. The van der Waals surface area contributed by atoms with E-state index < -0.39 is 6.10 Å². The fourth-order valence-electron chi connectivity index (χ4n) is 4.67. The zero-order valence-corrected chi connectivity index (χ0v) is 20.2. The van der Waals surface area contributed by atoms with Gasteiger partial charge in [-0.25, -0.2) is 0 Å². The van der Waals surface area contributed by atoms with Crippen LogP contribution < -0.4 is 28.4 Å². The second-order valence-electron chi connectivity index (χ2n) is 7.78. The summed E-state index contributed by atoms with van der Waals surface area (Å²) in [5.74, 6) is 2.82. The average molecular weight is 461 g/mol. The molecule has 0 aliphatic heterocycles.